The molecule has 6 heavy (non-hydrogen) atoms. The van der Waals surface area contributed by atoms with Crippen LogP contribution in [0.2, 0.25) is 0 Å². The third-order valence-electron chi connectivity index (χ3n) is 0. The fourth-order valence-electron chi connectivity index (χ4n) is 0. The topological polar surface area (TPSA) is 63.2 Å². The van der Waals surface area contributed by atoms with Crippen LogP contribution in [-0.4, -0.2) is 6.16 Å². The van der Waals surface area contributed by atoms with Crippen molar-refractivity contribution in [2.75, 3.05) is 0 Å². The molecule has 0 saturated carbocycles. The van der Waals surface area contributed by atoms with Crippen LogP contribution in [0.4, 0.5) is 4.79 Å². The number of carbonyl (C=O) groups is 1. The van der Waals surface area contributed by atoms with Gasteiger partial charge in [0.2, 0.25) is 0 Å². The second-order valence-corrected chi connectivity index (χ2v) is 0.250. The van der Waals surface area contributed by atoms with E-state index < -0.39 is 6.16 Å². The quantitative estimate of drug-likeness (QED) is 0.386. The Kier molecular flexibility index (Phi) is 24.4. The smallest absolute Gasteiger partial charge is 0.652 e. The van der Waals surface area contributed by atoms with Crippen LogP contribution in [0, 0.1) is 0 Å². The number of rotatable bonds is 0. The first-order chi connectivity index (χ1) is 1.73. The Morgan fingerprint density at radius 3 is 1.33 bits per heavy atom. The maximum atomic E-state index is 8.33. The molecule has 0 unspecified atom stereocenters. The van der Waals surface area contributed by atoms with Crippen molar-refractivity contribution in [2.45, 2.75) is 0 Å². The molecule has 0 rings (SSSR count). The summed E-state index contributed by atoms with van der Waals surface area (Å²) in [7, 11) is 0. The summed E-state index contributed by atoms with van der Waals surface area (Å²) in [6, 6.07) is 0. The zero-order valence-corrected chi connectivity index (χ0v) is 4.40. The van der Waals surface area contributed by atoms with E-state index in [1.165, 1.54) is 0 Å². The van der Waals surface area contributed by atoms with Gasteiger partial charge in [0.05, 0.1) is 0 Å². The van der Waals surface area contributed by atoms with E-state index in [1.54, 1.807) is 0 Å². The maximum Gasteiger partial charge on any atom is 2.00 e. The molecule has 3 nitrogen and oxygen atoms in total. The third kappa shape index (κ3) is 626. The summed E-state index contributed by atoms with van der Waals surface area (Å²) in [5, 5.41) is 16.7. The molecule has 0 aliphatic carbocycles. The zero-order chi connectivity index (χ0) is 3.58. The van der Waals surface area contributed by atoms with Gasteiger partial charge in [-0.25, -0.2) is 0 Å². The molecular formula is CCoNiO3. The molecule has 0 aromatic rings. The van der Waals surface area contributed by atoms with Crippen LogP contribution >= 0.6 is 0 Å². The van der Waals surface area contributed by atoms with Crippen LogP contribution in [0.5, 0.6) is 0 Å². The van der Waals surface area contributed by atoms with Crippen molar-refractivity contribution in [3.8, 4) is 0 Å². The Balaban J connectivity index is -0.0000000450. The summed E-state index contributed by atoms with van der Waals surface area (Å²) in [5.41, 5.74) is 0. The molecule has 0 spiro atoms. The van der Waals surface area contributed by atoms with Crippen molar-refractivity contribution in [3.63, 3.8) is 0 Å². The van der Waals surface area contributed by atoms with Crippen LogP contribution in [-0.2, 0) is 33.3 Å². The van der Waals surface area contributed by atoms with Crippen LogP contribution in [0.3, 0.4) is 0 Å². The Morgan fingerprint density at radius 1 is 1.33 bits per heavy atom. The SMILES string of the molecule is O=C([O-])[O-].[Co+2].[Ni]. The van der Waals surface area contributed by atoms with E-state index in [9.17, 15) is 0 Å². The Hall–Kier alpha value is 0.270. The van der Waals surface area contributed by atoms with Gasteiger partial charge in [-0.2, -0.15) is 0 Å². The minimum atomic E-state index is -2.33. The first-order valence-corrected chi connectivity index (χ1v) is 0.612. The molecule has 0 aromatic carbocycles. The summed E-state index contributed by atoms with van der Waals surface area (Å²) in [6.45, 7) is 0. The molecule has 0 saturated heterocycles. The van der Waals surface area contributed by atoms with Gasteiger partial charge in [0, 0.05) is 16.5 Å². The molecule has 0 N–H and O–H groups in total. The van der Waals surface area contributed by atoms with Crippen LogP contribution in [0.1, 0.15) is 0 Å². The number of hydrogen-bond acceptors (Lipinski definition) is 3. The van der Waals surface area contributed by atoms with E-state index in [0.717, 1.165) is 0 Å². The van der Waals surface area contributed by atoms with Gasteiger partial charge < -0.3 is 15.0 Å². The number of hydrogen-bond donors (Lipinski definition) is 0. The number of carbonyl (C=O) groups excluding carboxylic acids is 1. The van der Waals surface area contributed by atoms with E-state index in [-0.39, 0.29) is 33.3 Å². The van der Waals surface area contributed by atoms with Crippen molar-refractivity contribution in [1.82, 2.24) is 0 Å². The first kappa shape index (κ1) is 16.3. The predicted octanol–water partition coefficient (Wildman–Crippen LogP) is -2.45. The van der Waals surface area contributed by atoms with E-state index in [0.29, 0.717) is 0 Å². The Morgan fingerprint density at radius 2 is 1.33 bits per heavy atom. The van der Waals surface area contributed by atoms with Crippen molar-refractivity contribution >= 4 is 6.16 Å². The van der Waals surface area contributed by atoms with Gasteiger partial charge in [0.25, 0.3) is 0 Å². The predicted molar refractivity (Wildman–Crippen MR) is 5.40 cm³/mol. The molecule has 0 bridgehead atoms. The van der Waals surface area contributed by atoms with Crippen molar-refractivity contribution < 1.29 is 48.3 Å². The first-order valence-electron chi connectivity index (χ1n) is 0.612. The molecule has 0 heterocycles. The van der Waals surface area contributed by atoms with Gasteiger partial charge in [-0.05, 0) is 6.16 Å². The van der Waals surface area contributed by atoms with Gasteiger partial charge >= 0.3 is 16.8 Å². The maximum absolute atomic E-state index is 8.33. The molecular weight excluding hydrogens is 178 g/mol. The average Bonchev–Trinajstić information content (AvgIpc) is 0.811. The van der Waals surface area contributed by atoms with E-state index >= 15 is 0 Å². The summed E-state index contributed by atoms with van der Waals surface area (Å²) in [5.74, 6) is 0. The molecule has 0 aliphatic heterocycles. The minimum absolute atomic E-state index is 0. The molecule has 0 fully saturated rings. The monoisotopic (exact) mass is 177 g/mol. The van der Waals surface area contributed by atoms with E-state index in [4.69, 9.17) is 15.0 Å². The average molecular weight is 178 g/mol. The molecule has 5 heteroatoms. The Bertz CT molecular complexity index is 33.8. The molecule has 41 valence electrons. The second-order valence-electron chi connectivity index (χ2n) is 0.250. The summed E-state index contributed by atoms with van der Waals surface area (Å²) in [6.07, 6.45) is -2.33. The Labute approximate surface area is 54.9 Å². The molecule has 0 amide bonds. The third-order valence-corrected chi connectivity index (χ3v) is 0. The largest absolute Gasteiger partial charge is 2.00 e. The standard InChI is InChI=1S/CH2O3.Co.Ni/c2-1(3)4;;/h(H2,2,3,4);;/q;+2;/p-2. The van der Waals surface area contributed by atoms with Crippen molar-refractivity contribution in [1.29, 1.82) is 0 Å². The van der Waals surface area contributed by atoms with Crippen LogP contribution < -0.4 is 10.2 Å². The zero-order valence-electron chi connectivity index (χ0n) is 2.37. The fourth-order valence-corrected chi connectivity index (χ4v) is 0. The van der Waals surface area contributed by atoms with Crippen LogP contribution in [0.15, 0.2) is 0 Å². The van der Waals surface area contributed by atoms with Crippen molar-refractivity contribution in [2.24, 2.45) is 0 Å². The summed E-state index contributed by atoms with van der Waals surface area (Å²) < 4.78 is 0. The van der Waals surface area contributed by atoms with Gasteiger partial charge in [-0.1, -0.05) is 0 Å². The van der Waals surface area contributed by atoms with Gasteiger partial charge in [-0.15, -0.1) is 0 Å². The van der Waals surface area contributed by atoms with Gasteiger partial charge in [0.1, 0.15) is 0 Å². The molecule has 0 atom stereocenters. The summed E-state index contributed by atoms with van der Waals surface area (Å²) >= 11 is 0. The number of carboxylic acid groups (broad SMARTS) is 2. The molecule has 0 aliphatic rings. The summed E-state index contributed by atoms with van der Waals surface area (Å²) in [4.78, 5) is 8.33. The normalized spacial score (nSPS) is 4.00. The molecule has 1 radical (unpaired) electrons. The fraction of sp³-hybridized carbons (Fsp3) is 0. The minimum Gasteiger partial charge on any atom is -0.652 e. The van der Waals surface area contributed by atoms with Gasteiger partial charge in [-0.3, -0.25) is 0 Å². The van der Waals surface area contributed by atoms with E-state index in [2.05, 4.69) is 0 Å². The van der Waals surface area contributed by atoms with E-state index in [1.807, 2.05) is 0 Å². The molecule has 0 aromatic heterocycles. The van der Waals surface area contributed by atoms with Crippen LogP contribution in [0.25, 0.3) is 0 Å². The van der Waals surface area contributed by atoms with Crippen molar-refractivity contribution in [3.05, 3.63) is 0 Å². The van der Waals surface area contributed by atoms with Gasteiger partial charge in [0.15, 0.2) is 0 Å². The second kappa shape index (κ2) is 8.99.